The first-order chi connectivity index (χ1) is 8.97. The van der Waals surface area contributed by atoms with Crippen molar-refractivity contribution in [1.29, 1.82) is 0 Å². The summed E-state index contributed by atoms with van der Waals surface area (Å²) in [6.45, 7) is 4.70. The normalized spacial score (nSPS) is 12.6. The molecular formula is C14H19N3O2. The highest BCUT2D eigenvalue weighted by Crippen LogP contribution is 2.24. The van der Waals surface area contributed by atoms with E-state index >= 15 is 0 Å². The molecule has 1 heterocycles. The summed E-state index contributed by atoms with van der Waals surface area (Å²) in [7, 11) is 1.91. The monoisotopic (exact) mass is 261 g/mol. The number of aromatic hydroxyl groups is 2. The molecule has 3 N–H and O–H groups in total. The smallest absolute Gasteiger partial charge is 0.119 e. The number of rotatable bonds is 4. The molecule has 0 bridgehead atoms. The number of hydrogen-bond donors (Lipinski definition) is 3. The van der Waals surface area contributed by atoms with Gasteiger partial charge >= 0.3 is 0 Å². The molecule has 5 heteroatoms. The predicted molar refractivity (Wildman–Crippen MR) is 73.0 cm³/mol. The van der Waals surface area contributed by atoms with Crippen molar-refractivity contribution in [3.05, 3.63) is 41.2 Å². The van der Waals surface area contributed by atoms with Gasteiger partial charge in [0.15, 0.2) is 0 Å². The molecule has 0 aliphatic carbocycles. The molecule has 1 aromatic heterocycles. The standard InChI is InChI=1S/C14H19N3O2/c1-9(11-4-13(18)6-14(19)5-11)15-7-12-8-16-17(3)10(12)2/h4-6,8-9,15,18-19H,7H2,1-3H3. The maximum absolute atomic E-state index is 9.47. The fraction of sp³-hybridized carbons (Fsp3) is 0.357. The molecule has 0 aliphatic rings. The van der Waals surface area contributed by atoms with Gasteiger partial charge in [0.25, 0.3) is 0 Å². The van der Waals surface area contributed by atoms with Crippen molar-refractivity contribution in [2.75, 3.05) is 0 Å². The van der Waals surface area contributed by atoms with Crippen LogP contribution in [0.15, 0.2) is 24.4 Å². The zero-order valence-corrected chi connectivity index (χ0v) is 11.4. The first-order valence-electron chi connectivity index (χ1n) is 6.21. The third kappa shape index (κ3) is 3.06. The van der Waals surface area contributed by atoms with E-state index in [-0.39, 0.29) is 17.5 Å². The minimum absolute atomic E-state index is 0.0256. The Morgan fingerprint density at radius 2 is 1.89 bits per heavy atom. The van der Waals surface area contributed by atoms with Crippen molar-refractivity contribution in [2.24, 2.45) is 7.05 Å². The Morgan fingerprint density at radius 1 is 1.26 bits per heavy atom. The molecule has 1 unspecified atom stereocenters. The molecule has 102 valence electrons. The Hall–Kier alpha value is -2.01. The van der Waals surface area contributed by atoms with Crippen LogP contribution < -0.4 is 5.32 Å². The van der Waals surface area contributed by atoms with E-state index in [4.69, 9.17) is 0 Å². The molecule has 1 aromatic carbocycles. The molecule has 0 fully saturated rings. The summed E-state index contributed by atoms with van der Waals surface area (Å²) in [6, 6.07) is 4.64. The SMILES string of the molecule is Cc1c(CNC(C)c2cc(O)cc(O)c2)cnn1C. The minimum Gasteiger partial charge on any atom is -0.508 e. The van der Waals surface area contributed by atoms with E-state index in [2.05, 4.69) is 10.4 Å². The van der Waals surface area contributed by atoms with E-state index in [1.165, 1.54) is 6.07 Å². The topological polar surface area (TPSA) is 70.3 Å². The Kier molecular flexibility index (Phi) is 3.76. The molecule has 0 amide bonds. The second-order valence-electron chi connectivity index (χ2n) is 4.76. The summed E-state index contributed by atoms with van der Waals surface area (Å²) in [4.78, 5) is 0. The first-order valence-corrected chi connectivity index (χ1v) is 6.21. The molecule has 19 heavy (non-hydrogen) atoms. The van der Waals surface area contributed by atoms with Crippen molar-refractivity contribution in [2.45, 2.75) is 26.4 Å². The molecule has 1 atom stereocenters. The number of aryl methyl sites for hydroxylation is 1. The molecule has 0 radical (unpaired) electrons. The Labute approximate surface area is 112 Å². The predicted octanol–water partition coefficient (Wildman–Crippen LogP) is 1.99. The summed E-state index contributed by atoms with van der Waals surface area (Å²) in [5.41, 5.74) is 3.11. The van der Waals surface area contributed by atoms with Gasteiger partial charge in [-0.25, -0.2) is 0 Å². The van der Waals surface area contributed by atoms with E-state index in [0.717, 1.165) is 16.8 Å². The third-order valence-corrected chi connectivity index (χ3v) is 3.36. The van der Waals surface area contributed by atoms with Crippen molar-refractivity contribution in [3.8, 4) is 11.5 Å². The van der Waals surface area contributed by atoms with Crippen LogP contribution in [-0.2, 0) is 13.6 Å². The molecular weight excluding hydrogens is 242 g/mol. The van der Waals surface area contributed by atoms with Crippen LogP contribution in [0.5, 0.6) is 11.5 Å². The van der Waals surface area contributed by atoms with Crippen LogP contribution in [0.2, 0.25) is 0 Å². The Bertz CT molecular complexity index is 558. The summed E-state index contributed by atoms with van der Waals surface area (Å²) in [5.74, 6) is 0.141. The maximum atomic E-state index is 9.47. The van der Waals surface area contributed by atoms with Crippen molar-refractivity contribution < 1.29 is 10.2 Å². The van der Waals surface area contributed by atoms with Crippen LogP contribution in [0.1, 0.15) is 29.8 Å². The lowest BCUT2D eigenvalue weighted by molar-refractivity contribution is 0.446. The molecule has 0 saturated heterocycles. The molecule has 0 saturated carbocycles. The van der Waals surface area contributed by atoms with Crippen LogP contribution in [0.3, 0.4) is 0 Å². The van der Waals surface area contributed by atoms with Crippen LogP contribution >= 0.6 is 0 Å². The van der Waals surface area contributed by atoms with Crippen LogP contribution in [0.25, 0.3) is 0 Å². The van der Waals surface area contributed by atoms with Gasteiger partial charge in [-0.1, -0.05) is 0 Å². The molecule has 2 rings (SSSR count). The van der Waals surface area contributed by atoms with E-state index in [0.29, 0.717) is 6.54 Å². The van der Waals surface area contributed by atoms with Gasteiger partial charge in [0, 0.05) is 37.0 Å². The number of nitrogens with one attached hydrogen (secondary N) is 1. The van der Waals surface area contributed by atoms with Crippen molar-refractivity contribution in [1.82, 2.24) is 15.1 Å². The number of nitrogens with zero attached hydrogens (tertiary/aromatic N) is 2. The summed E-state index contributed by atoms with van der Waals surface area (Å²) >= 11 is 0. The second-order valence-corrected chi connectivity index (χ2v) is 4.76. The first kappa shape index (κ1) is 13.4. The summed E-state index contributed by atoms with van der Waals surface area (Å²) in [6.07, 6.45) is 1.84. The lowest BCUT2D eigenvalue weighted by Crippen LogP contribution is -2.18. The van der Waals surface area contributed by atoms with Gasteiger partial charge < -0.3 is 15.5 Å². The number of phenols is 2. The molecule has 5 nitrogen and oxygen atoms in total. The molecule has 2 aromatic rings. The highest BCUT2D eigenvalue weighted by atomic mass is 16.3. The van der Waals surface area contributed by atoms with Crippen molar-refractivity contribution in [3.63, 3.8) is 0 Å². The van der Waals surface area contributed by atoms with Gasteiger partial charge in [-0.2, -0.15) is 5.10 Å². The number of phenolic OH excluding ortho intramolecular Hbond substituents is 2. The average Bonchev–Trinajstić information content (AvgIpc) is 2.66. The fourth-order valence-electron chi connectivity index (χ4n) is 1.97. The van der Waals surface area contributed by atoms with E-state index in [1.807, 2.05) is 31.8 Å². The van der Waals surface area contributed by atoms with Gasteiger partial charge in [-0.15, -0.1) is 0 Å². The highest BCUT2D eigenvalue weighted by molar-refractivity contribution is 5.38. The van der Waals surface area contributed by atoms with Gasteiger partial charge in [-0.05, 0) is 31.5 Å². The third-order valence-electron chi connectivity index (χ3n) is 3.36. The van der Waals surface area contributed by atoms with Gasteiger partial charge in [0.1, 0.15) is 11.5 Å². The van der Waals surface area contributed by atoms with Crippen LogP contribution in [0, 0.1) is 6.92 Å². The molecule has 0 spiro atoms. The number of aromatic nitrogens is 2. The van der Waals surface area contributed by atoms with E-state index < -0.39 is 0 Å². The Balaban J connectivity index is 2.05. The van der Waals surface area contributed by atoms with Gasteiger partial charge in [0.05, 0.1) is 6.20 Å². The van der Waals surface area contributed by atoms with Gasteiger partial charge in [0.2, 0.25) is 0 Å². The quantitative estimate of drug-likeness (QED) is 0.787. The fourth-order valence-corrected chi connectivity index (χ4v) is 1.97. The van der Waals surface area contributed by atoms with E-state index in [1.54, 1.807) is 12.1 Å². The second kappa shape index (κ2) is 5.32. The zero-order valence-electron chi connectivity index (χ0n) is 11.4. The summed E-state index contributed by atoms with van der Waals surface area (Å²) in [5, 5.41) is 26.5. The highest BCUT2D eigenvalue weighted by Gasteiger charge is 2.09. The lowest BCUT2D eigenvalue weighted by Gasteiger charge is -2.14. The van der Waals surface area contributed by atoms with Crippen LogP contribution in [-0.4, -0.2) is 20.0 Å². The summed E-state index contributed by atoms with van der Waals surface area (Å²) < 4.78 is 1.84. The molecule has 0 aliphatic heterocycles. The maximum Gasteiger partial charge on any atom is 0.119 e. The number of hydrogen-bond acceptors (Lipinski definition) is 4. The lowest BCUT2D eigenvalue weighted by atomic mass is 10.1. The minimum atomic E-state index is 0.0256. The van der Waals surface area contributed by atoms with Gasteiger partial charge in [-0.3, -0.25) is 4.68 Å². The largest absolute Gasteiger partial charge is 0.508 e. The zero-order chi connectivity index (χ0) is 14.0. The van der Waals surface area contributed by atoms with Crippen molar-refractivity contribution >= 4 is 0 Å². The number of benzene rings is 1. The average molecular weight is 261 g/mol. The Morgan fingerprint density at radius 3 is 2.42 bits per heavy atom. The van der Waals surface area contributed by atoms with E-state index in [9.17, 15) is 10.2 Å². The van der Waals surface area contributed by atoms with Crippen LogP contribution in [0.4, 0.5) is 0 Å².